The first-order chi connectivity index (χ1) is 11.9. The minimum absolute atomic E-state index is 0. The van der Waals surface area contributed by atoms with E-state index in [0.717, 1.165) is 31.7 Å². The van der Waals surface area contributed by atoms with Crippen LogP contribution in [0.2, 0.25) is 0 Å². The van der Waals surface area contributed by atoms with Crippen LogP contribution in [0.3, 0.4) is 0 Å². The molecule has 0 aromatic heterocycles. The normalized spacial score (nSPS) is 16.5. The number of carbonyl (C=O) groups is 1. The number of hydrogen-bond donors (Lipinski definition) is 2. The van der Waals surface area contributed by atoms with Gasteiger partial charge in [-0.2, -0.15) is 0 Å². The highest BCUT2D eigenvalue weighted by Crippen LogP contribution is 2.29. The molecule has 0 unspecified atom stereocenters. The summed E-state index contributed by atoms with van der Waals surface area (Å²) in [6.45, 7) is 9.70. The molecule has 1 aromatic carbocycles. The Labute approximate surface area is 163 Å². The molecule has 1 saturated heterocycles. The van der Waals surface area contributed by atoms with Crippen LogP contribution in [0.5, 0.6) is 5.75 Å². The van der Waals surface area contributed by atoms with Crippen LogP contribution in [-0.4, -0.2) is 45.9 Å². The van der Waals surface area contributed by atoms with Crippen LogP contribution in [0, 0.1) is 5.41 Å². The molecule has 5 nitrogen and oxygen atoms in total. The molecular weight excluding hydrogens is 352 g/mol. The van der Waals surface area contributed by atoms with E-state index in [2.05, 4.69) is 43.5 Å². The summed E-state index contributed by atoms with van der Waals surface area (Å²) in [4.78, 5) is 12.6. The monoisotopic (exact) mass is 384 g/mol. The number of nitrogens with one attached hydrogen (secondary N) is 2. The lowest BCUT2D eigenvalue weighted by Gasteiger charge is -2.35. The molecule has 1 fully saturated rings. The first-order valence-electron chi connectivity index (χ1n) is 9.09. The number of benzene rings is 1. The predicted molar refractivity (Wildman–Crippen MR) is 107 cm³/mol. The molecule has 0 bridgehead atoms. The van der Waals surface area contributed by atoms with E-state index >= 15 is 0 Å². The van der Waals surface area contributed by atoms with Crippen molar-refractivity contribution in [2.45, 2.75) is 39.0 Å². The van der Waals surface area contributed by atoms with Crippen molar-refractivity contribution >= 4 is 18.3 Å². The van der Waals surface area contributed by atoms with Gasteiger partial charge in [-0.3, -0.25) is 4.79 Å². The van der Waals surface area contributed by atoms with Crippen molar-refractivity contribution < 1.29 is 14.3 Å². The number of methoxy groups -OCH3 is 1. The van der Waals surface area contributed by atoms with E-state index in [4.69, 9.17) is 9.47 Å². The minimum atomic E-state index is -0.408. The highest BCUT2D eigenvalue weighted by Gasteiger charge is 2.39. The van der Waals surface area contributed by atoms with Gasteiger partial charge in [0, 0.05) is 7.11 Å². The van der Waals surface area contributed by atoms with Crippen molar-refractivity contribution in [2.24, 2.45) is 5.41 Å². The molecule has 0 aliphatic carbocycles. The number of rotatable bonds is 7. The standard InChI is InChI=1S/C20H32N2O3.ClH/c1-19(2,3)16-5-7-17(8-6-16)25-14-13-22-18(23)20(15-24-4)9-11-21-12-10-20;/h5-8,21H,9-15H2,1-4H3,(H,22,23);1H. The molecule has 0 spiro atoms. The van der Waals surface area contributed by atoms with Crippen molar-refractivity contribution in [3.8, 4) is 5.75 Å². The van der Waals surface area contributed by atoms with Gasteiger partial charge in [0.25, 0.3) is 0 Å². The number of amides is 1. The summed E-state index contributed by atoms with van der Waals surface area (Å²) in [6, 6.07) is 8.16. The topological polar surface area (TPSA) is 59.6 Å². The second-order valence-corrected chi connectivity index (χ2v) is 7.84. The predicted octanol–water partition coefficient (Wildman–Crippen LogP) is 2.92. The van der Waals surface area contributed by atoms with Crippen molar-refractivity contribution in [1.82, 2.24) is 10.6 Å². The summed E-state index contributed by atoms with van der Waals surface area (Å²) in [5.41, 5.74) is 1.01. The van der Waals surface area contributed by atoms with Gasteiger partial charge in [0.2, 0.25) is 5.91 Å². The maximum Gasteiger partial charge on any atom is 0.228 e. The molecule has 2 N–H and O–H groups in total. The SMILES string of the molecule is COCC1(C(=O)NCCOc2ccc(C(C)(C)C)cc2)CCNCC1.Cl. The third-order valence-corrected chi connectivity index (χ3v) is 4.84. The quantitative estimate of drug-likeness (QED) is 0.709. The Morgan fingerprint density at radius 2 is 1.81 bits per heavy atom. The fourth-order valence-corrected chi connectivity index (χ4v) is 3.19. The summed E-state index contributed by atoms with van der Waals surface area (Å²) in [6.07, 6.45) is 1.61. The molecule has 1 aliphatic heterocycles. The molecule has 1 amide bonds. The fraction of sp³-hybridized carbons (Fsp3) is 0.650. The second kappa shape index (κ2) is 10.1. The van der Waals surface area contributed by atoms with Gasteiger partial charge in [0.1, 0.15) is 12.4 Å². The first-order valence-corrected chi connectivity index (χ1v) is 9.09. The van der Waals surface area contributed by atoms with E-state index in [9.17, 15) is 4.79 Å². The molecule has 1 heterocycles. The molecule has 6 heteroatoms. The van der Waals surface area contributed by atoms with Crippen LogP contribution in [0.4, 0.5) is 0 Å². The molecule has 0 radical (unpaired) electrons. The van der Waals surface area contributed by atoms with Gasteiger partial charge in [-0.15, -0.1) is 12.4 Å². The van der Waals surface area contributed by atoms with E-state index in [1.54, 1.807) is 7.11 Å². The van der Waals surface area contributed by atoms with Gasteiger partial charge >= 0.3 is 0 Å². The third kappa shape index (κ3) is 6.15. The number of ether oxygens (including phenoxy) is 2. The summed E-state index contributed by atoms with van der Waals surface area (Å²) in [5, 5.41) is 6.31. The summed E-state index contributed by atoms with van der Waals surface area (Å²) in [7, 11) is 1.65. The molecule has 26 heavy (non-hydrogen) atoms. The Hall–Kier alpha value is -1.30. The Morgan fingerprint density at radius 3 is 2.35 bits per heavy atom. The lowest BCUT2D eigenvalue weighted by molar-refractivity contribution is -0.136. The highest BCUT2D eigenvalue weighted by molar-refractivity contribution is 5.85. The van der Waals surface area contributed by atoms with E-state index in [1.165, 1.54) is 5.56 Å². The van der Waals surface area contributed by atoms with E-state index < -0.39 is 5.41 Å². The van der Waals surface area contributed by atoms with Crippen LogP contribution in [-0.2, 0) is 14.9 Å². The summed E-state index contributed by atoms with van der Waals surface area (Å²) < 4.78 is 11.0. The maximum atomic E-state index is 12.6. The zero-order valence-electron chi connectivity index (χ0n) is 16.4. The zero-order valence-corrected chi connectivity index (χ0v) is 17.2. The van der Waals surface area contributed by atoms with Gasteiger partial charge in [0.15, 0.2) is 0 Å². The van der Waals surface area contributed by atoms with Crippen molar-refractivity contribution in [3.05, 3.63) is 29.8 Å². The number of carbonyl (C=O) groups excluding carboxylic acids is 1. The van der Waals surface area contributed by atoms with Crippen LogP contribution in [0.15, 0.2) is 24.3 Å². The Morgan fingerprint density at radius 1 is 1.19 bits per heavy atom. The van der Waals surface area contributed by atoms with Gasteiger partial charge in [-0.25, -0.2) is 0 Å². The van der Waals surface area contributed by atoms with E-state index in [-0.39, 0.29) is 23.7 Å². The lowest BCUT2D eigenvalue weighted by Crippen LogP contribution is -2.50. The largest absolute Gasteiger partial charge is 0.492 e. The van der Waals surface area contributed by atoms with Crippen molar-refractivity contribution in [3.63, 3.8) is 0 Å². The smallest absolute Gasteiger partial charge is 0.228 e. The highest BCUT2D eigenvalue weighted by atomic mass is 35.5. The van der Waals surface area contributed by atoms with Crippen LogP contribution < -0.4 is 15.4 Å². The second-order valence-electron chi connectivity index (χ2n) is 7.84. The molecule has 0 saturated carbocycles. The lowest BCUT2D eigenvalue weighted by atomic mass is 9.78. The fourth-order valence-electron chi connectivity index (χ4n) is 3.19. The number of hydrogen-bond acceptors (Lipinski definition) is 4. The van der Waals surface area contributed by atoms with Crippen LogP contribution >= 0.6 is 12.4 Å². The molecular formula is C20H33ClN2O3. The third-order valence-electron chi connectivity index (χ3n) is 4.84. The molecule has 1 aromatic rings. The molecule has 0 atom stereocenters. The van der Waals surface area contributed by atoms with Gasteiger partial charge in [0.05, 0.1) is 18.6 Å². The Kier molecular flexibility index (Phi) is 8.87. The molecule has 1 aliphatic rings. The minimum Gasteiger partial charge on any atom is -0.492 e. The van der Waals surface area contributed by atoms with E-state index in [1.807, 2.05) is 12.1 Å². The number of piperidine rings is 1. The zero-order chi connectivity index (χ0) is 18.3. The Bertz CT molecular complexity index is 544. The average Bonchev–Trinajstić information content (AvgIpc) is 2.59. The van der Waals surface area contributed by atoms with Gasteiger partial charge in [-0.05, 0) is 49.0 Å². The summed E-state index contributed by atoms with van der Waals surface area (Å²) >= 11 is 0. The number of halogens is 1. The van der Waals surface area contributed by atoms with Gasteiger partial charge < -0.3 is 20.1 Å². The first kappa shape index (κ1) is 22.7. The van der Waals surface area contributed by atoms with E-state index in [0.29, 0.717) is 19.8 Å². The summed E-state index contributed by atoms with van der Waals surface area (Å²) in [5.74, 6) is 0.901. The van der Waals surface area contributed by atoms with Crippen LogP contribution in [0.1, 0.15) is 39.2 Å². The van der Waals surface area contributed by atoms with Crippen molar-refractivity contribution in [1.29, 1.82) is 0 Å². The van der Waals surface area contributed by atoms with Crippen molar-refractivity contribution in [2.75, 3.05) is 40.0 Å². The average molecular weight is 385 g/mol. The maximum absolute atomic E-state index is 12.6. The molecule has 148 valence electrons. The van der Waals surface area contributed by atoms with Gasteiger partial charge in [-0.1, -0.05) is 32.9 Å². The van der Waals surface area contributed by atoms with Crippen LogP contribution in [0.25, 0.3) is 0 Å². The molecule has 2 rings (SSSR count). The Balaban J connectivity index is 0.00000338.